The quantitative estimate of drug-likeness (QED) is 0.504. The lowest BCUT2D eigenvalue weighted by Crippen LogP contribution is -2.33. The molecule has 2 aromatic rings. The Bertz CT molecular complexity index is 819. The van der Waals surface area contributed by atoms with Crippen LogP contribution in [0.3, 0.4) is 0 Å². The summed E-state index contributed by atoms with van der Waals surface area (Å²) in [5.41, 5.74) is 0.995. The average Bonchev–Trinajstić information content (AvgIpc) is 2.64. The summed E-state index contributed by atoms with van der Waals surface area (Å²) in [4.78, 5) is 34.8. The predicted molar refractivity (Wildman–Crippen MR) is 101 cm³/mol. The number of carboxylic acids is 1. The standard InChI is InChI=1S/C20H20ClNO5/c1-13(23)15-4-2-5-17(12-15)27-11-3-6-18(24)22-19(20(25)26)14-7-9-16(21)10-8-14/h2,4-5,7-10,12,19H,3,6,11H2,1H3,(H,22,24)(H,25,26). The third kappa shape index (κ3) is 6.42. The van der Waals surface area contributed by atoms with E-state index in [2.05, 4.69) is 5.32 Å². The highest BCUT2D eigenvalue weighted by Crippen LogP contribution is 2.17. The molecule has 2 N–H and O–H groups in total. The Morgan fingerprint density at radius 3 is 2.48 bits per heavy atom. The maximum absolute atomic E-state index is 12.1. The fourth-order valence-corrected chi connectivity index (χ4v) is 2.53. The molecule has 6 nitrogen and oxygen atoms in total. The molecule has 142 valence electrons. The number of rotatable bonds is 9. The smallest absolute Gasteiger partial charge is 0.330 e. The molecule has 0 aliphatic carbocycles. The summed E-state index contributed by atoms with van der Waals surface area (Å²) in [6.07, 6.45) is 0.521. The van der Waals surface area contributed by atoms with E-state index in [0.29, 0.717) is 28.3 Å². The van der Waals surface area contributed by atoms with Gasteiger partial charge in [0.1, 0.15) is 5.75 Å². The number of aliphatic carboxylic acids is 1. The van der Waals surface area contributed by atoms with Crippen molar-refractivity contribution in [3.05, 3.63) is 64.7 Å². The molecule has 1 unspecified atom stereocenters. The number of ketones is 1. The fourth-order valence-electron chi connectivity index (χ4n) is 2.40. The number of Topliss-reactive ketones (excluding diaryl/α,β-unsaturated/α-hetero) is 1. The van der Waals surface area contributed by atoms with Crippen LogP contribution in [-0.4, -0.2) is 29.4 Å². The molecule has 7 heteroatoms. The molecule has 0 radical (unpaired) electrons. The van der Waals surface area contributed by atoms with Crippen LogP contribution in [0.2, 0.25) is 5.02 Å². The monoisotopic (exact) mass is 389 g/mol. The van der Waals surface area contributed by atoms with Crippen LogP contribution in [0.15, 0.2) is 48.5 Å². The number of hydrogen-bond acceptors (Lipinski definition) is 4. The summed E-state index contributed by atoms with van der Waals surface area (Å²) in [5, 5.41) is 12.3. The molecule has 1 atom stereocenters. The van der Waals surface area contributed by atoms with Gasteiger partial charge in [-0.3, -0.25) is 9.59 Å². The minimum Gasteiger partial charge on any atom is -0.494 e. The Morgan fingerprint density at radius 2 is 1.85 bits per heavy atom. The second kappa shape index (κ2) is 9.73. The van der Waals surface area contributed by atoms with E-state index in [1.54, 1.807) is 48.5 Å². The van der Waals surface area contributed by atoms with Crippen molar-refractivity contribution in [2.75, 3.05) is 6.61 Å². The van der Waals surface area contributed by atoms with Gasteiger partial charge in [0.2, 0.25) is 5.91 Å². The summed E-state index contributed by atoms with van der Waals surface area (Å²) >= 11 is 5.80. The van der Waals surface area contributed by atoms with E-state index in [0.717, 1.165) is 0 Å². The van der Waals surface area contributed by atoms with Crippen LogP contribution >= 0.6 is 11.6 Å². The second-order valence-electron chi connectivity index (χ2n) is 5.93. The van der Waals surface area contributed by atoms with Crippen molar-refractivity contribution in [3.63, 3.8) is 0 Å². The summed E-state index contributed by atoms with van der Waals surface area (Å²) in [6.45, 7) is 1.75. The number of carbonyl (C=O) groups is 3. The van der Waals surface area contributed by atoms with Crippen LogP contribution in [0.25, 0.3) is 0 Å². The molecule has 0 bridgehead atoms. The minimum absolute atomic E-state index is 0.0539. The van der Waals surface area contributed by atoms with E-state index >= 15 is 0 Å². The zero-order valence-corrected chi connectivity index (χ0v) is 15.5. The van der Waals surface area contributed by atoms with Gasteiger partial charge in [0.25, 0.3) is 0 Å². The van der Waals surface area contributed by atoms with Gasteiger partial charge >= 0.3 is 5.97 Å². The highest BCUT2D eigenvalue weighted by atomic mass is 35.5. The molecule has 2 rings (SSSR count). The number of nitrogens with one attached hydrogen (secondary N) is 1. The predicted octanol–water partition coefficient (Wildman–Crippen LogP) is 3.64. The largest absolute Gasteiger partial charge is 0.494 e. The molecule has 0 fully saturated rings. The molecule has 2 aromatic carbocycles. The van der Waals surface area contributed by atoms with Crippen molar-refractivity contribution < 1.29 is 24.2 Å². The summed E-state index contributed by atoms with van der Waals surface area (Å²) in [7, 11) is 0. The van der Waals surface area contributed by atoms with E-state index in [1.165, 1.54) is 6.92 Å². The number of hydrogen-bond donors (Lipinski definition) is 2. The van der Waals surface area contributed by atoms with Crippen molar-refractivity contribution in [2.45, 2.75) is 25.8 Å². The summed E-state index contributed by atoms with van der Waals surface area (Å²) < 4.78 is 5.53. The minimum atomic E-state index is -1.15. The summed E-state index contributed by atoms with van der Waals surface area (Å²) in [6, 6.07) is 11.9. The Hall–Kier alpha value is -2.86. The Kier molecular flexibility index (Phi) is 7.37. The van der Waals surface area contributed by atoms with Gasteiger partial charge in [-0.1, -0.05) is 35.9 Å². The van der Waals surface area contributed by atoms with Crippen molar-refractivity contribution in [2.24, 2.45) is 0 Å². The molecule has 27 heavy (non-hydrogen) atoms. The molecule has 0 aromatic heterocycles. The van der Waals surface area contributed by atoms with Crippen molar-refractivity contribution in [1.29, 1.82) is 0 Å². The first-order chi connectivity index (χ1) is 12.9. The van der Waals surface area contributed by atoms with Gasteiger partial charge in [0, 0.05) is 17.0 Å². The molecular formula is C20H20ClNO5. The fraction of sp³-hybridized carbons (Fsp3) is 0.250. The lowest BCUT2D eigenvalue weighted by atomic mass is 10.1. The number of halogens is 1. The van der Waals surface area contributed by atoms with Crippen LogP contribution in [0.5, 0.6) is 5.75 Å². The molecule has 0 aliphatic heterocycles. The molecule has 0 aliphatic rings. The first kappa shape index (κ1) is 20.5. The lowest BCUT2D eigenvalue weighted by molar-refractivity contribution is -0.142. The molecule has 0 saturated carbocycles. The number of carbonyl (C=O) groups excluding carboxylic acids is 2. The first-order valence-electron chi connectivity index (χ1n) is 8.38. The van der Waals surface area contributed by atoms with E-state index in [-0.39, 0.29) is 18.8 Å². The van der Waals surface area contributed by atoms with Crippen LogP contribution in [0, 0.1) is 0 Å². The third-order valence-corrected chi connectivity index (χ3v) is 4.07. The lowest BCUT2D eigenvalue weighted by Gasteiger charge is -2.15. The van der Waals surface area contributed by atoms with Crippen molar-refractivity contribution >= 4 is 29.3 Å². The summed E-state index contributed by atoms with van der Waals surface area (Å²) in [5.74, 6) is -1.05. The number of carboxylic acid groups (broad SMARTS) is 1. The van der Waals surface area contributed by atoms with E-state index in [4.69, 9.17) is 16.3 Å². The second-order valence-corrected chi connectivity index (χ2v) is 6.36. The van der Waals surface area contributed by atoms with Crippen LogP contribution in [-0.2, 0) is 9.59 Å². The molecular weight excluding hydrogens is 370 g/mol. The Balaban J connectivity index is 1.82. The first-order valence-corrected chi connectivity index (χ1v) is 8.76. The van der Waals surface area contributed by atoms with Crippen molar-refractivity contribution in [3.8, 4) is 5.75 Å². The van der Waals surface area contributed by atoms with Crippen LogP contribution in [0.4, 0.5) is 0 Å². The number of amides is 1. The molecule has 0 saturated heterocycles. The zero-order chi connectivity index (χ0) is 19.8. The maximum Gasteiger partial charge on any atom is 0.330 e. The topological polar surface area (TPSA) is 92.7 Å². The normalized spacial score (nSPS) is 11.5. The Morgan fingerprint density at radius 1 is 1.15 bits per heavy atom. The van der Waals surface area contributed by atoms with Crippen LogP contribution in [0.1, 0.15) is 41.7 Å². The highest BCUT2D eigenvalue weighted by molar-refractivity contribution is 6.30. The third-order valence-electron chi connectivity index (χ3n) is 3.81. The maximum atomic E-state index is 12.1. The van der Waals surface area contributed by atoms with E-state index in [9.17, 15) is 19.5 Å². The Labute approximate surface area is 162 Å². The molecule has 1 amide bonds. The number of ether oxygens (including phenoxy) is 1. The van der Waals surface area contributed by atoms with Gasteiger partial charge in [-0.25, -0.2) is 4.79 Å². The SMILES string of the molecule is CC(=O)c1cccc(OCCCC(=O)NC(C(=O)O)c2ccc(Cl)cc2)c1. The van der Waals surface area contributed by atoms with Crippen molar-refractivity contribution in [1.82, 2.24) is 5.32 Å². The van der Waals surface area contributed by atoms with E-state index < -0.39 is 17.9 Å². The number of benzene rings is 2. The van der Waals surface area contributed by atoms with Gasteiger partial charge in [0.15, 0.2) is 11.8 Å². The van der Waals surface area contributed by atoms with Gasteiger partial charge in [-0.15, -0.1) is 0 Å². The van der Waals surface area contributed by atoms with E-state index in [1.807, 2.05) is 0 Å². The molecule has 0 heterocycles. The van der Waals surface area contributed by atoms with Gasteiger partial charge in [-0.05, 0) is 43.2 Å². The average molecular weight is 390 g/mol. The van der Waals surface area contributed by atoms with Crippen LogP contribution < -0.4 is 10.1 Å². The van der Waals surface area contributed by atoms with Gasteiger partial charge in [-0.2, -0.15) is 0 Å². The zero-order valence-electron chi connectivity index (χ0n) is 14.8. The highest BCUT2D eigenvalue weighted by Gasteiger charge is 2.21. The molecule has 0 spiro atoms. The van der Waals surface area contributed by atoms with Gasteiger partial charge in [0.05, 0.1) is 6.61 Å². The van der Waals surface area contributed by atoms with Gasteiger partial charge < -0.3 is 15.2 Å².